The van der Waals surface area contributed by atoms with Crippen LogP contribution in [0.4, 0.5) is 10.3 Å². The summed E-state index contributed by atoms with van der Waals surface area (Å²) < 4.78 is 13.3. The zero-order valence-corrected chi connectivity index (χ0v) is 14.8. The van der Waals surface area contributed by atoms with Gasteiger partial charge >= 0.3 is 0 Å². The first-order valence-corrected chi connectivity index (χ1v) is 8.46. The van der Waals surface area contributed by atoms with Crippen LogP contribution in [0.5, 0.6) is 0 Å². The Hall–Kier alpha value is -2.50. The van der Waals surface area contributed by atoms with Crippen molar-refractivity contribution in [1.29, 1.82) is 0 Å². The lowest BCUT2D eigenvalue weighted by Crippen LogP contribution is -2.45. The van der Waals surface area contributed by atoms with E-state index < -0.39 is 5.41 Å². The smallest absolute Gasteiger partial charge is 0.232 e. The molecule has 0 saturated heterocycles. The Morgan fingerprint density at radius 2 is 2.20 bits per heavy atom. The minimum atomic E-state index is -0.700. The molecule has 1 aromatic carbocycles. The molecule has 1 unspecified atom stereocenters. The first-order chi connectivity index (χ1) is 11.9. The number of amides is 1. The van der Waals surface area contributed by atoms with Crippen molar-refractivity contribution < 1.29 is 9.18 Å². The first-order valence-electron chi connectivity index (χ1n) is 8.46. The molecule has 0 radical (unpaired) electrons. The van der Waals surface area contributed by atoms with E-state index >= 15 is 0 Å². The van der Waals surface area contributed by atoms with Gasteiger partial charge in [0, 0.05) is 26.8 Å². The molecule has 0 saturated carbocycles. The summed E-state index contributed by atoms with van der Waals surface area (Å²) in [6.07, 6.45) is 4.37. The Kier molecular flexibility index (Phi) is 4.70. The van der Waals surface area contributed by atoms with Gasteiger partial charge in [0.2, 0.25) is 11.9 Å². The van der Waals surface area contributed by atoms with Crippen LogP contribution < -0.4 is 10.2 Å². The second-order valence-corrected chi connectivity index (χ2v) is 6.94. The number of nitrogens with one attached hydrogen (secondary N) is 1. The average molecular weight is 342 g/mol. The Bertz CT molecular complexity index is 793. The molecule has 3 rings (SSSR count). The minimum Gasteiger partial charge on any atom is -0.351 e. The maximum absolute atomic E-state index is 13.3. The Morgan fingerprint density at radius 3 is 2.92 bits per heavy atom. The highest BCUT2D eigenvalue weighted by Crippen LogP contribution is 2.36. The van der Waals surface area contributed by atoms with Gasteiger partial charge in [-0.05, 0) is 49.4 Å². The van der Waals surface area contributed by atoms with Gasteiger partial charge in [0.1, 0.15) is 5.82 Å². The number of carbonyl (C=O) groups is 1. The Morgan fingerprint density at radius 1 is 1.40 bits per heavy atom. The van der Waals surface area contributed by atoms with Gasteiger partial charge in [-0.15, -0.1) is 0 Å². The number of benzene rings is 1. The number of hydrogen-bond donors (Lipinski definition) is 1. The van der Waals surface area contributed by atoms with E-state index in [2.05, 4.69) is 15.3 Å². The number of hydrogen-bond acceptors (Lipinski definition) is 4. The standard InChI is InChI=1S/C19H23FN4O/c1-19(17(25)21-11-13-6-4-8-15(20)10-13)9-5-7-14-12-22-18(24(2)3)23-16(14)19/h4,6,8,10,12H,5,7,9,11H2,1-3H3,(H,21,25). The van der Waals surface area contributed by atoms with E-state index in [0.717, 1.165) is 36.1 Å². The van der Waals surface area contributed by atoms with Crippen molar-refractivity contribution in [3.8, 4) is 0 Å². The number of anilines is 1. The maximum Gasteiger partial charge on any atom is 0.232 e. The number of halogens is 1. The number of aryl methyl sites for hydroxylation is 1. The first kappa shape index (κ1) is 17.3. The molecule has 0 spiro atoms. The molecular weight excluding hydrogens is 319 g/mol. The summed E-state index contributed by atoms with van der Waals surface area (Å²) in [6, 6.07) is 6.27. The van der Waals surface area contributed by atoms with Gasteiger partial charge in [0.25, 0.3) is 0 Å². The molecule has 1 N–H and O–H groups in total. The summed E-state index contributed by atoms with van der Waals surface area (Å²) in [7, 11) is 3.76. The van der Waals surface area contributed by atoms with Crippen LogP contribution in [0.25, 0.3) is 0 Å². The molecule has 1 amide bonds. The zero-order valence-electron chi connectivity index (χ0n) is 14.8. The normalized spacial score (nSPS) is 19.2. The Labute approximate surface area is 147 Å². The highest BCUT2D eigenvalue weighted by molar-refractivity contribution is 5.88. The molecule has 0 fully saturated rings. The van der Waals surface area contributed by atoms with Crippen molar-refractivity contribution in [3.05, 3.63) is 53.1 Å². The predicted molar refractivity (Wildman–Crippen MR) is 94.9 cm³/mol. The monoisotopic (exact) mass is 342 g/mol. The van der Waals surface area contributed by atoms with E-state index in [9.17, 15) is 9.18 Å². The van der Waals surface area contributed by atoms with Gasteiger partial charge in [-0.3, -0.25) is 4.79 Å². The van der Waals surface area contributed by atoms with Crippen LogP contribution in [0.2, 0.25) is 0 Å². The quantitative estimate of drug-likeness (QED) is 0.928. The number of rotatable bonds is 4. The van der Waals surface area contributed by atoms with Crippen LogP contribution in [0.1, 0.15) is 36.6 Å². The van der Waals surface area contributed by atoms with E-state index in [1.165, 1.54) is 12.1 Å². The number of carbonyl (C=O) groups excluding carboxylic acids is 1. The van der Waals surface area contributed by atoms with Crippen LogP contribution in [0, 0.1) is 5.82 Å². The van der Waals surface area contributed by atoms with Crippen molar-refractivity contribution in [1.82, 2.24) is 15.3 Å². The minimum absolute atomic E-state index is 0.0823. The summed E-state index contributed by atoms with van der Waals surface area (Å²) in [6.45, 7) is 2.23. The third-order valence-electron chi connectivity index (χ3n) is 4.74. The lowest BCUT2D eigenvalue weighted by Gasteiger charge is -2.33. The summed E-state index contributed by atoms with van der Waals surface area (Å²) in [5.74, 6) is 0.218. The van der Waals surface area contributed by atoms with Crippen molar-refractivity contribution in [2.24, 2.45) is 0 Å². The lowest BCUT2D eigenvalue weighted by molar-refractivity contribution is -0.127. The van der Waals surface area contributed by atoms with Crippen LogP contribution >= 0.6 is 0 Å². The van der Waals surface area contributed by atoms with Crippen LogP contribution in [-0.2, 0) is 23.2 Å². The molecule has 132 valence electrons. The average Bonchev–Trinajstić information content (AvgIpc) is 2.59. The third kappa shape index (κ3) is 3.48. The van der Waals surface area contributed by atoms with E-state index in [0.29, 0.717) is 12.5 Å². The molecule has 1 aromatic heterocycles. The summed E-state index contributed by atoms with van der Waals surface area (Å²) in [4.78, 5) is 23.8. The molecular formula is C19H23FN4O. The SMILES string of the molecule is CN(C)c1ncc2c(n1)C(C)(C(=O)NCc1cccc(F)c1)CCC2. The largest absolute Gasteiger partial charge is 0.351 e. The summed E-state index contributed by atoms with van der Waals surface area (Å²) >= 11 is 0. The number of fused-ring (bicyclic) bond motifs is 1. The lowest BCUT2D eigenvalue weighted by atomic mass is 9.74. The molecule has 0 aliphatic heterocycles. The van der Waals surface area contributed by atoms with E-state index in [-0.39, 0.29) is 11.7 Å². The fourth-order valence-corrected chi connectivity index (χ4v) is 3.27. The van der Waals surface area contributed by atoms with Crippen molar-refractivity contribution in [2.75, 3.05) is 19.0 Å². The predicted octanol–water partition coefficient (Wildman–Crippen LogP) is 2.59. The van der Waals surface area contributed by atoms with Crippen LogP contribution in [-0.4, -0.2) is 30.0 Å². The zero-order chi connectivity index (χ0) is 18.0. The molecule has 0 bridgehead atoms. The van der Waals surface area contributed by atoms with Crippen molar-refractivity contribution >= 4 is 11.9 Å². The van der Waals surface area contributed by atoms with Gasteiger partial charge in [0.15, 0.2) is 0 Å². The molecule has 6 heteroatoms. The highest BCUT2D eigenvalue weighted by Gasteiger charge is 2.40. The topological polar surface area (TPSA) is 58.1 Å². The highest BCUT2D eigenvalue weighted by atomic mass is 19.1. The maximum atomic E-state index is 13.3. The molecule has 1 heterocycles. The second-order valence-electron chi connectivity index (χ2n) is 6.94. The number of aromatic nitrogens is 2. The van der Waals surface area contributed by atoms with Gasteiger partial charge in [-0.1, -0.05) is 12.1 Å². The van der Waals surface area contributed by atoms with E-state index in [4.69, 9.17) is 0 Å². The van der Waals surface area contributed by atoms with E-state index in [1.807, 2.05) is 32.1 Å². The van der Waals surface area contributed by atoms with Gasteiger partial charge in [-0.25, -0.2) is 14.4 Å². The third-order valence-corrected chi connectivity index (χ3v) is 4.74. The molecule has 25 heavy (non-hydrogen) atoms. The molecule has 2 aromatic rings. The summed E-state index contributed by atoms with van der Waals surface area (Å²) in [5.41, 5.74) is 1.87. The molecule has 1 atom stereocenters. The van der Waals surface area contributed by atoms with Gasteiger partial charge in [-0.2, -0.15) is 0 Å². The number of nitrogens with zero attached hydrogens (tertiary/aromatic N) is 3. The fourth-order valence-electron chi connectivity index (χ4n) is 3.27. The van der Waals surface area contributed by atoms with Gasteiger partial charge in [0.05, 0.1) is 11.1 Å². The molecule has 5 nitrogen and oxygen atoms in total. The Balaban J connectivity index is 1.84. The van der Waals surface area contributed by atoms with Crippen LogP contribution in [0.3, 0.4) is 0 Å². The van der Waals surface area contributed by atoms with Crippen molar-refractivity contribution in [3.63, 3.8) is 0 Å². The molecule has 1 aliphatic carbocycles. The van der Waals surface area contributed by atoms with E-state index in [1.54, 1.807) is 12.1 Å². The van der Waals surface area contributed by atoms with Gasteiger partial charge < -0.3 is 10.2 Å². The second kappa shape index (κ2) is 6.78. The fraction of sp³-hybridized carbons (Fsp3) is 0.421. The van der Waals surface area contributed by atoms with Crippen LogP contribution in [0.15, 0.2) is 30.5 Å². The molecule has 1 aliphatic rings. The van der Waals surface area contributed by atoms with Crippen molar-refractivity contribution in [2.45, 2.75) is 38.1 Å². The summed E-state index contributed by atoms with van der Waals surface area (Å²) in [5, 5.41) is 2.95.